The number of esters is 1. The van der Waals surface area contributed by atoms with E-state index in [1.54, 1.807) is 6.92 Å². The molecule has 0 saturated carbocycles. The highest BCUT2D eigenvalue weighted by Gasteiger charge is 2.18. The Hall–Kier alpha value is -2.30. The highest BCUT2D eigenvalue weighted by atomic mass is 16.6. The van der Waals surface area contributed by atoms with E-state index < -0.39 is 12.1 Å². The van der Waals surface area contributed by atoms with E-state index in [-0.39, 0.29) is 26.3 Å². The average molecular weight is 277 g/mol. The summed E-state index contributed by atoms with van der Waals surface area (Å²) in [5.74, 6) is -0.467. The molecule has 20 heavy (non-hydrogen) atoms. The smallest absolute Gasteiger partial charge is 0.410 e. The SMILES string of the molecule is C=CCN(CC(=O)OCC)C(=O)OCc1ccccc1. The monoisotopic (exact) mass is 277 g/mol. The number of rotatable bonds is 7. The first-order valence-electron chi connectivity index (χ1n) is 6.39. The Morgan fingerprint density at radius 2 is 1.95 bits per heavy atom. The fourth-order valence-electron chi connectivity index (χ4n) is 1.53. The molecule has 0 aliphatic heterocycles. The van der Waals surface area contributed by atoms with Gasteiger partial charge in [0.1, 0.15) is 13.2 Å². The molecule has 5 nitrogen and oxygen atoms in total. The molecule has 0 atom stereocenters. The van der Waals surface area contributed by atoms with Crippen molar-refractivity contribution in [3.63, 3.8) is 0 Å². The lowest BCUT2D eigenvalue weighted by atomic mass is 10.2. The lowest BCUT2D eigenvalue weighted by Gasteiger charge is -2.19. The van der Waals surface area contributed by atoms with Crippen molar-refractivity contribution in [2.75, 3.05) is 19.7 Å². The summed E-state index contributed by atoms with van der Waals surface area (Å²) >= 11 is 0. The van der Waals surface area contributed by atoms with Crippen LogP contribution in [-0.2, 0) is 20.9 Å². The van der Waals surface area contributed by atoms with Crippen LogP contribution >= 0.6 is 0 Å². The van der Waals surface area contributed by atoms with Crippen LogP contribution in [0.15, 0.2) is 43.0 Å². The normalized spacial score (nSPS) is 9.65. The quantitative estimate of drug-likeness (QED) is 0.567. The molecule has 0 radical (unpaired) electrons. The lowest BCUT2D eigenvalue weighted by Crippen LogP contribution is -2.37. The second kappa shape index (κ2) is 8.74. The molecule has 0 heterocycles. The first-order chi connectivity index (χ1) is 9.67. The molecule has 0 aromatic heterocycles. The fraction of sp³-hybridized carbons (Fsp3) is 0.333. The molecule has 1 rings (SSSR count). The van der Waals surface area contributed by atoms with Gasteiger partial charge in [0.25, 0.3) is 0 Å². The summed E-state index contributed by atoms with van der Waals surface area (Å²) in [6.45, 7) is 5.79. The molecule has 0 bridgehead atoms. The molecular formula is C15H19NO4. The summed E-state index contributed by atoms with van der Waals surface area (Å²) in [7, 11) is 0. The minimum atomic E-state index is -0.568. The van der Waals surface area contributed by atoms with Crippen molar-refractivity contribution >= 4 is 12.1 Å². The zero-order valence-electron chi connectivity index (χ0n) is 11.6. The van der Waals surface area contributed by atoms with E-state index >= 15 is 0 Å². The van der Waals surface area contributed by atoms with E-state index in [2.05, 4.69) is 6.58 Å². The maximum Gasteiger partial charge on any atom is 0.410 e. The van der Waals surface area contributed by atoms with Gasteiger partial charge in [-0.3, -0.25) is 9.69 Å². The van der Waals surface area contributed by atoms with Crippen molar-refractivity contribution in [3.05, 3.63) is 48.6 Å². The molecule has 0 saturated heterocycles. The van der Waals surface area contributed by atoms with E-state index in [1.165, 1.54) is 11.0 Å². The number of benzene rings is 1. The van der Waals surface area contributed by atoms with Gasteiger partial charge in [-0.05, 0) is 12.5 Å². The topological polar surface area (TPSA) is 55.8 Å². The molecule has 0 fully saturated rings. The molecule has 0 N–H and O–H groups in total. The molecule has 0 unspecified atom stereocenters. The molecule has 0 spiro atoms. The van der Waals surface area contributed by atoms with Crippen molar-refractivity contribution in [1.29, 1.82) is 0 Å². The third-order valence-electron chi connectivity index (χ3n) is 2.44. The zero-order valence-corrected chi connectivity index (χ0v) is 11.6. The van der Waals surface area contributed by atoms with Gasteiger partial charge in [-0.2, -0.15) is 0 Å². The number of hydrogen-bond acceptors (Lipinski definition) is 4. The summed E-state index contributed by atoms with van der Waals surface area (Å²) in [6.07, 6.45) is 0.963. The van der Waals surface area contributed by atoms with Gasteiger partial charge in [-0.1, -0.05) is 36.4 Å². The standard InChI is InChI=1S/C15H19NO4/c1-3-10-16(11-14(17)19-4-2)15(18)20-12-13-8-6-5-7-9-13/h3,5-9H,1,4,10-12H2,2H3. The number of hydrogen-bond donors (Lipinski definition) is 0. The first kappa shape index (κ1) is 15.8. The molecular weight excluding hydrogens is 258 g/mol. The predicted molar refractivity (Wildman–Crippen MR) is 75.0 cm³/mol. The number of ether oxygens (including phenoxy) is 2. The highest BCUT2D eigenvalue weighted by molar-refractivity contribution is 5.78. The van der Waals surface area contributed by atoms with Crippen molar-refractivity contribution in [2.45, 2.75) is 13.5 Å². The molecule has 5 heteroatoms. The van der Waals surface area contributed by atoms with E-state index in [4.69, 9.17) is 9.47 Å². The lowest BCUT2D eigenvalue weighted by molar-refractivity contribution is -0.144. The minimum absolute atomic E-state index is 0.145. The van der Waals surface area contributed by atoms with Crippen LogP contribution in [0.3, 0.4) is 0 Å². The van der Waals surface area contributed by atoms with Crippen LogP contribution in [0.2, 0.25) is 0 Å². The zero-order chi connectivity index (χ0) is 14.8. The minimum Gasteiger partial charge on any atom is -0.465 e. The number of carbonyl (C=O) groups excluding carboxylic acids is 2. The van der Waals surface area contributed by atoms with Crippen LogP contribution in [0, 0.1) is 0 Å². The van der Waals surface area contributed by atoms with Gasteiger partial charge >= 0.3 is 12.1 Å². The molecule has 0 aliphatic carbocycles. The maximum absolute atomic E-state index is 11.9. The summed E-state index contributed by atoms with van der Waals surface area (Å²) in [5, 5.41) is 0. The van der Waals surface area contributed by atoms with Crippen molar-refractivity contribution < 1.29 is 19.1 Å². The van der Waals surface area contributed by atoms with Gasteiger partial charge in [0.15, 0.2) is 0 Å². The van der Waals surface area contributed by atoms with Crippen LogP contribution in [0.25, 0.3) is 0 Å². The van der Waals surface area contributed by atoms with Crippen LogP contribution in [-0.4, -0.2) is 36.7 Å². The second-order valence-electron chi connectivity index (χ2n) is 4.01. The number of nitrogens with zero attached hydrogens (tertiary/aromatic N) is 1. The van der Waals surface area contributed by atoms with Gasteiger partial charge < -0.3 is 9.47 Å². The number of carbonyl (C=O) groups is 2. The van der Waals surface area contributed by atoms with Crippen molar-refractivity contribution in [1.82, 2.24) is 4.90 Å². The summed E-state index contributed by atoms with van der Waals surface area (Å²) < 4.78 is 9.96. The average Bonchev–Trinajstić information content (AvgIpc) is 2.45. The van der Waals surface area contributed by atoms with Crippen LogP contribution < -0.4 is 0 Å². The van der Waals surface area contributed by atoms with Crippen molar-refractivity contribution in [2.24, 2.45) is 0 Å². The Balaban J connectivity index is 2.51. The summed E-state index contributed by atoms with van der Waals surface area (Å²) in [4.78, 5) is 24.5. The third-order valence-corrected chi connectivity index (χ3v) is 2.44. The Kier molecular flexibility index (Phi) is 6.89. The van der Waals surface area contributed by atoms with Gasteiger partial charge in [0.05, 0.1) is 6.61 Å². The largest absolute Gasteiger partial charge is 0.465 e. The predicted octanol–water partition coefficient (Wildman–Crippen LogP) is 2.37. The van der Waals surface area contributed by atoms with Crippen LogP contribution in [0.1, 0.15) is 12.5 Å². The van der Waals surface area contributed by atoms with E-state index in [1.807, 2.05) is 30.3 Å². The fourth-order valence-corrected chi connectivity index (χ4v) is 1.53. The van der Waals surface area contributed by atoms with E-state index in [0.29, 0.717) is 0 Å². The maximum atomic E-state index is 11.9. The Morgan fingerprint density at radius 1 is 1.25 bits per heavy atom. The third kappa shape index (κ3) is 5.56. The number of amides is 1. The molecule has 1 aromatic rings. The van der Waals surface area contributed by atoms with Gasteiger partial charge in [0, 0.05) is 6.54 Å². The highest BCUT2D eigenvalue weighted by Crippen LogP contribution is 2.03. The Labute approximate surface area is 118 Å². The molecule has 1 aromatic carbocycles. The molecule has 1 amide bonds. The van der Waals surface area contributed by atoms with Crippen LogP contribution in [0.4, 0.5) is 4.79 Å². The van der Waals surface area contributed by atoms with Gasteiger partial charge in [-0.15, -0.1) is 6.58 Å². The molecule has 108 valence electrons. The Bertz CT molecular complexity index is 444. The van der Waals surface area contributed by atoms with E-state index in [9.17, 15) is 9.59 Å². The van der Waals surface area contributed by atoms with Crippen molar-refractivity contribution in [3.8, 4) is 0 Å². The van der Waals surface area contributed by atoms with Gasteiger partial charge in [-0.25, -0.2) is 4.79 Å². The summed E-state index contributed by atoms with van der Waals surface area (Å²) in [5.41, 5.74) is 0.885. The van der Waals surface area contributed by atoms with E-state index in [0.717, 1.165) is 5.56 Å². The second-order valence-corrected chi connectivity index (χ2v) is 4.01. The van der Waals surface area contributed by atoms with Crippen LogP contribution in [0.5, 0.6) is 0 Å². The summed E-state index contributed by atoms with van der Waals surface area (Å²) in [6, 6.07) is 9.33. The van der Waals surface area contributed by atoms with Gasteiger partial charge in [0.2, 0.25) is 0 Å². The first-order valence-corrected chi connectivity index (χ1v) is 6.39. The molecule has 0 aliphatic rings. The Morgan fingerprint density at radius 3 is 2.55 bits per heavy atom.